The van der Waals surface area contributed by atoms with Crippen molar-refractivity contribution in [1.82, 2.24) is 10.3 Å². The second kappa shape index (κ2) is 10.8. The van der Waals surface area contributed by atoms with Gasteiger partial charge in [0, 0.05) is 35.9 Å². The highest BCUT2D eigenvalue weighted by Gasteiger charge is 2.10. The summed E-state index contributed by atoms with van der Waals surface area (Å²) in [5.74, 6) is 1.32. The van der Waals surface area contributed by atoms with Crippen molar-refractivity contribution >= 4 is 16.6 Å². The van der Waals surface area contributed by atoms with Gasteiger partial charge in [-0.05, 0) is 55.5 Å². The Morgan fingerprint density at radius 2 is 1.90 bits per heavy atom. The standard InChI is InChI=1S/C25H33N3O2/c1-4-18(5-2)19-10-11-21-22(12-15-28-23(21)16-19)27-14-7-13-26-17-20-8-6-9-24(30-3)25(20)29/h6,8-12,15-16,18,26,29H,4-5,7,13-14,17H2,1-3H3,(H,27,28). The maximum absolute atomic E-state index is 10.1. The van der Waals surface area contributed by atoms with E-state index in [1.165, 1.54) is 10.9 Å². The van der Waals surface area contributed by atoms with E-state index < -0.39 is 0 Å². The molecule has 0 atom stereocenters. The highest BCUT2D eigenvalue weighted by atomic mass is 16.5. The number of para-hydroxylation sites is 1. The van der Waals surface area contributed by atoms with Crippen LogP contribution in [0.15, 0.2) is 48.7 Å². The van der Waals surface area contributed by atoms with Gasteiger partial charge in [-0.2, -0.15) is 0 Å². The molecule has 3 rings (SSSR count). The van der Waals surface area contributed by atoms with Crippen LogP contribution in [0.1, 0.15) is 50.2 Å². The van der Waals surface area contributed by atoms with Crippen LogP contribution in [0.4, 0.5) is 5.69 Å². The van der Waals surface area contributed by atoms with E-state index in [0.717, 1.165) is 49.1 Å². The van der Waals surface area contributed by atoms with Crippen molar-refractivity contribution in [1.29, 1.82) is 0 Å². The van der Waals surface area contributed by atoms with Crippen molar-refractivity contribution in [3.63, 3.8) is 0 Å². The minimum atomic E-state index is 0.210. The number of rotatable bonds is 11. The molecule has 2 aromatic carbocycles. The number of hydrogen-bond acceptors (Lipinski definition) is 5. The summed E-state index contributed by atoms with van der Waals surface area (Å²) in [6.07, 6.45) is 5.16. The molecule has 0 amide bonds. The molecule has 0 aliphatic rings. The molecule has 5 nitrogen and oxygen atoms in total. The number of fused-ring (bicyclic) bond motifs is 1. The molecule has 3 N–H and O–H groups in total. The van der Waals surface area contributed by atoms with Crippen molar-refractivity contribution in [2.24, 2.45) is 0 Å². The van der Waals surface area contributed by atoms with E-state index >= 15 is 0 Å². The Labute approximate surface area is 179 Å². The lowest BCUT2D eigenvalue weighted by atomic mass is 9.93. The van der Waals surface area contributed by atoms with E-state index in [1.807, 2.05) is 24.4 Å². The number of pyridine rings is 1. The van der Waals surface area contributed by atoms with Crippen molar-refractivity contribution in [2.45, 2.75) is 45.6 Å². The molecule has 3 aromatic rings. The van der Waals surface area contributed by atoms with Crippen LogP contribution in [0.5, 0.6) is 11.5 Å². The number of nitrogens with zero attached hydrogens (tertiary/aromatic N) is 1. The number of anilines is 1. The normalized spacial score (nSPS) is 11.2. The van der Waals surface area contributed by atoms with E-state index in [4.69, 9.17) is 4.74 Å². The SMILES string of the molecule is CCC(CC)c1ccc2c(NCCCNCc3cccc(OC)c3O)ccnc2c1. The zero-order chi connectivity index (χ0) is 21.3. The first kappa shape index (κ1) is 21.9. The molecule has 0 unspecified atom stereocenters. The number of aromatic hydroxyl groups is 1. The molecule has 1 aromatic heterocycles. The van der Waals surface area contributed by atoms with Crippen molar-refractivity contribution in [3.8, 4) is 11.5 Å². The van der Waals surface area contributed by atoms with E-state index in [9.17, 15) is 5.11 Å². The van der Waals surface area contributed by atoms with Gasteiger partial charge in [-0.25, -0.2) is 0 Å². The third-order valence-electron chi connectivity index (χ3n) is 5.69. The number of hydrogen-bond donors (Lipinski definition) is 3. The molecule has 0 fully saturated rings. The summed E-state index contributed by atoms with van der Waals surface area (Å²) in [7, 11) is 1.56. The average Bonchev–Trinajstić information content (AvgIpc) is 2.78. The van der Waals surface area contributed by atoms with Crippen LogP contribution < -0.4 is 15.4 Å². The van der Waals surface area contributed by atoms with Gasteiger partial charge in [0.15, 0.2) is 11.5 Å². The summed E-state index contributed by atoms with van der Waals surface area (Å²) in [6, 6.07) is 14.3. The molecule has 5 heteroatoms. The summed E-state index contributed by atoms with van der Waals surface area (Å²) in [5.41, 5.74) is 4.40. The van der Waals surface area contributed by atoms with Crippen LogP contribution in [0.2, 0.25) is 0 Å². The maximum atomic E-state index is 10.1. The Hall–Kier alpha value is -2.79. The fourth-order valence-corrected chi connectivity index (χ4v) is 3.87. The molecule has 0 aliphatic heterocycles. The van der Waals surface area contributed by atoms with Crippen LogP contribution in [0.25, 0.3) is 10.9 Å². The number of ether oxygens (including phenoxy) is 1. The van der Waals surface area contributed by atoms with Crippen molar-refractivity contribution in [3.05, 3.63) is 59.8 Å². The number of benzene rings is 2. The first-order valence-corrected chi connectivity index (χ1v) is 10.9. The number of phenolic OH excluding ortho intramolecular Hbond substituents is 1. The van der Waals surface area contributed by atoms with Crippen LogP contribution in [0, 0.1) is 0 Å². The topological polar surface area (TPSA) is 66.4 Å². The van der Waals surface area contributed by atoms with Crippen molar-refractivity contribution in [2.75, 3.05) is 25.5 Å². The predicted molar refractivity (Wildman–Crippen MR) is 125 cm³/mol. The Morgan fingerprint density at radius 3 is 2.67 bits per heavy atom. The molecule has 1 heterocycles. The molecular weight excluding hydrogens is 374 g/mol. The monoisotopic (exact) mass is 407 g/mol. The Kier molecular flexibility index (Phi) is 7.91. The maximum Gasteiger partial charge on any atom is 0.162 e. The summed E-state index contributed by atoms with van der Waals surface area (Å²) >= 11 is 0. The van der Waals surface area contributed by atoms with Crippen LogP contribution in [-0.2, 0) is 6.54 Å². The lowest BCUT2D eigenvalue weighted by Crippen LogP contribution is -2.18. The largest absolute Gasteiger partial charge is 0.504 e. The minimum Gasteiger partial charge on any atom is -0.504 e. The first-order chi connectivity index (χ1) is 14.7. The lowest BCUT2D eigenvalue weighted by molar-refractivity contribution is 0.369. The molecule has 0 radical (unpaired) electrons. The van der Waals surface area contributed by atoms with E-state index in [2.05, 4.69) is 47.7 Å². The van der Waals surface area contributed by atoms with Crippen LogP contribution in [0.3, 0.4) is 0 Å². The van der Waals surface area contributed by atoms with Crippen molar-refractivity contribution < 1.29 is 9.84 Å². The Morgan fingerprint density at radius 1 is 1.07 bits per heavy atom. The Balaban J connectivity index is 1.51. The van der Waals surface area contributed by atoms with Gasteiger partial charge >= 0.3 is 0 Å². The summed E-state index contributed by atoms with van der Waals surface area (Å²) in [4.78, 5) is 4.58. The first-order valence-electron chi connectivity index (χ1n) is 10.9. The number of methoxy groups -OCH3 is 1. The Bertz CT molecular complexity index is 954. The minimum absolute atomic E-state index is 0.210. The number of phenols is 1. The fourth-order valence-electron chi connectivity index (χ4n) is 3.87. The van der Waals surface area contributed by atoms with Crippen LogP contribution >= 0.6 is 0 Å². The third kappa shape index (κ3) is 5.22. The molecule has 0 saturated heterocycles. The van der Waals surface area contributed by atoms with Gasteiger partial charge in [0.1, 0.15) is 0 Å². The molecule has 0 bridgehead atoms. The highest BCUT2D eigenvalue weighted by molar-refractivity contribution is 5.91. The highest BCUT2D eigenvalue weighted by Crippen LogP contribution is 2.30. The predicted octanol–water partition coefficient (Wildman–Crippen LogP) is 5.44. The van der Waals surface area contributed by atoms with Gasteiger partial charge in [0.25, 0.3) is 0 Å². The quantitative estimate of drug-likeness (QED) is 0.369. The number of aromatic nitrogens is 1. The summed E-state index contributed by atoms with van der Waals surface area (Å²) in [6.45, 7) is 6.82. The summed E-state index contributed by atoms with van der Waals surface area (Å²) in [5, 5.41) is 18.2. The van der Waals surface area contributed by atoms with Gasteiger partial charge in [-0.3, -0.25) is 4.98 Å². The van der Waals surface area contributed by atoms with Gasteiger partial charge in [-0.15, -0.1) is 0 Å². The smallest absolute Gasteiger partial charge is 0.162 e. The zero-order valence-electron chi connectivity index (χ0n) is 18.2. The van der Waals surface area contributed by atoms with Crippen LogP contribution in [-0.4, -0.2) is 30.3 Å². The van der Waals surface area contributed by atoms with Gasteiger partial charge < -0.3 is 20.5 Å². The van der Waals surface area contributed by atoms with E-state index in [0.29, 0.717) is 18.2 Å². The fraction of sp³-hybridized carbons (Fsp3) is 0.400. The molecule has 0 saturated carbocycles. The van der Waals surface area contributed by atoms with E-state index in [1.54, 1.807) is 13.2 Å². The zero-order valence-corrected chi connectivity index (χ0v) is 18.2. The lowest BCUT2D eigenvalue weighted by Gasteiger charge is -2.15. The average molecular weight is 408 g/mol. The van der Waals surface area contributed by atoms with Gasteiger partial charge in [0.2, 0.25) is 0 Å². The van der Waals surface area contributed by atoms with E-state index in [-0.39, 0.29) is 5.75 Å². The summed E-state index contributed by atoms with van der Waals surface area (Å²) < 4.78 is 5.15. The second-order valence-corrected chi connectivity index (χ2v) is 7.57. The molecule has 0 spiro atoms. The molecular formula is C25H33N3O2. The van der Waals surface area contributed by atoms with Gasteiger partial charge in [0.05, 0.1) is 12.6 Å². The van der Waals surface area contributed by atoms with Gasteiger partial charge in [-0.1, -0.05) is 38.1 Å². The molecule has 0 aliphatic carbocycles. The number of nitrogens with one attached hydrogen (secondary N) is 2. The second-order valence-electron chi connectivity index (χ2n) is 7.57. The third-order valence-corrected chi connectivity index (χ3v) is 5.69. The molecule has 30 heavy (non-hydrogen) atoms. The molecule has 160 valence electrons.